The van der Waals surface area contributed by atoms with E-state index in [2.05, 4.69) is 11.4 Å². The number of benzene rings is 2. The Morgan fingerprint density at radius 3 is 2.18 bits per heavy atom. The number of aryl methyl sites for hydroxylation is 4. The highest BCUT2D eigenvalue weighted by Crippen LogP contribution is 2.32. The number of amides is 2. The lowest BCUT2D eigenvalue weighted by atomic mass is 9.97. The molecule has 146 valence electrons. The van der Waals surface area contributed by atoms with E-state index in [0.717, 1.165) is 33.5 Å². The predicted molar refractivity (Wildman–Crippen MR) is 111 cm³/mol. The number of ether oxygens (including phenoxy) is 1. The Labute approximate surface area is 166 Å². The second-order valence-electron chi connectivity index (χ2n) is 7.32. The van der Waals surface area contributed by atoms with Gasteiger partial charge in [0.25, 0.3) is 11.8 Å². The minimum absolute atomic E-state index is 0.223. The van der Waals surface area contributed by atoms with E-state index in [9.17, 15) is 9.59 Å². The summed E-state index contributed by atoms with van der Waals surface area (Å²) in [5.74, 6) is -0.614. The second-order valence-corrected chi connectivity index (χ2v) is 7.32. The van der Waals surface area contributed by atoms with Crippen LogP contribution >= 0.6 is 0 Å². The quantitative estimate of drug-likeness (QED) is 0.778. The molecule has 0 fully saturated rings. The summed E-state index contributed by atoms with van der Waals surface area (Å²) >= 11 is 0. The first-order valence-corrected chi connectivity index (χ1v) is 9.34. The molecule has 1 aliphatic rings. The van der Waals surface area contributed by atoms with E-state index in [1.165, 1.54) is 4.90 Å². The number of carbonyl (C=O) groups is 2. The largest absolute Gasteiger partial charge is 0.383 e. The molecule has 3 rings (SSSR count). The van der Waals surface area contributed by atoms with E-state index < -0.39 is 0 Å². The lowest BCUT2D eigenvalue weighted by Crippen LogP contribution is -2.35. The molecule has 1 aliphatic heterocycles. The molecular weight excluding hydrogens is 352 g/mol. The Morgan fingerprint density at radius 2 is 1.57 bits per heavy atom. The molecule has 0 aromatic heterocycles. The minimum atomic E-state index is -0.323. The number of methoxy groups -OCH3 is 1. The molecular formula is C23H26N2O3. The van der Waals surface area contributed by atoms with Crippen molar-refractivity contribution in [3.8, 4) is 0 Å². The minimum Gasteiger partial charge on any atom is -0.383 e. The van der Waals surface area contributed by atoms with Gasteiger partial charge in [0, 0.05) is 12.8 Å². The molecule has 2 aromatic carbocycles. The van der Waals surface area contributed by atoms with Crippen LogP contribution < -0.4 is 5.32 Å². The Hall–Kier alpha value is -2.92. The van der Waals surface area contributed by atoms with E-state index in [1.807, 2.05) is 58.0 Å². The standard InChI is InChI=1S/C23H26N2O3/c1-14-6-7-19(17(4)11-14)20-21(23(27)25(22(20)26)8-9-28-5)24-18-12-15(2)10-16(3)13-18/h6-7,10-13,24H,8-9H2,1-5H3. The molecule has 5 nitrogen and oxygen atoms in total. The topological polar surface area (TPSA) is 58.6 Å². The molecule has 0 bridgehead atoms. The third-order valence-corrected chi connectivity index (χ3v) is 4.83. The van der Waals surface area contributed by atoms with Gasteiger partial charge < -0.3 is 10.1 Å². The second kappa shape index (κ2) is 7.98. The summed E-state index contributed by atoms with van der Waals surface area (Å²) in [4.78, 5) is 27.5. The van der Waals surface area contributed by atoms with Gasteiger partial charge in [-0.1, -0.05) is 29.8 Å². The Balaban J connectivity index is 2.10. The molecule has 0 saturated heterocycles. The van der Waals surface area contributed by atoms with Crippen LogP contribution in [0.15, 0.2) is 42.1 Å². The average Bonchev–Trinajstić information content (AvgIpc) is 2.83. The lowest BCUT2D eigenvalue weighted by molar-refractivity contribution is -0.137. The van der Waals surface area contributed by atoms with Gasteiger partial charge in [-0.25, -0.2) is 0 Å². The molecule has 2 amide bonds. The fourth-order valence-corrected chi connectivity index (χ4v) is 3.61. The fourth-order valence-electron chi connectivity index (χ4n) is 3.61. The van der Waals surface area contributed by atoms with Crippen LogP contribution in [-0.4, -0.2) is 37.0 Å². The van der Waals surface area contributed by atoms with Gasteiger partial charge in [-0.15, -0.1) is 0 Å². The van der Waals surface area contributed by atoms with Crippen LogP contribution in [0.5, 0.6) is 0 Å². The van der Waals surface area contributed by atoms with Crippen LogP contribution in [0.25, 0.3) is 5.57 Å². The molecule has 1 N–H and O–H groups in total. The van der Waals surface area contributed by atoms with E-state index in [0.29, 0.717) is 17.9 Å². The molecule has 0 aliphatic carbocycles. The number of nitrogens with zero attached hydrogens (tertiary/aromatic N) is 1. The van der Waals surface area contributed by atoms with Crippen LogP contribution in [0.4, 0.5) is 5.69 Å². The smallest absolute Gasteiger partial charge is 0.278 e. The predicted octanol–water partition coefficient (Wildman–Crippen LogP) is 3.76. The van der Waals surface area contributed by atoms with E-state index in [4.69, 9.17) is 4.74 Å². The van der Waals surface area contributed by atoms with Crippen molar-refractivity contribution in [2.45, 2.75) is 27.7 Å². The van der Waals surface area contributed by atoms with Crippen molar-refractivity contribution in [3.63, 3.8) is 0 Å². The summed E-state index contributed by atoms with van der Waals surface area (Å²) in [7, 11) is 1.55. The molecule has 28 heavy (non-hydrogen) atoms. The van der Waals surface area contributed by atoms with Crippen molar-refractivity contribution in [1.82, 2.24) is 4.90 Å². The van der Waals surface area contributed by atoms with Gasteiger partial charge >= 0.3 is 0 Å². The zero-order valence-electron chi connectivity index (χ0n) is 17.1. The SMILES string of the molecule is COCCN1C(=O)C(Nc2cc(C)cc(C)c2)=C(c2ccc(C)cc2C)C1=O. The van der Waals surface area contributed by atoms with Gasteiger partial charge in [-0.2, -0.15) is 0 Å². The Morgan fingerprint density at radius 1 is 0.893 bits per heavy atom. The molecule has 0 radical (unpaired) electrons. The number of rotatable bonds is 6. The van der Waals surface area contributed by atoms with E-state index >= 15 is 0 Å². The number of carbonyl (C=O) groups excluding carboxylic acids is 2. The van der Waals surface area contributed by atoms with Gasteiger partial charge in [0.15, 0.2) is 0 Å². The Bertz CT molecular complexity index is 956. The van der Waals surface area contributed by atoms with Crippen molar-refractivity contribution in [2.24, 2.45) is 0 Å². The van der Waals surface area contributed by atoms with Crippen LogP contribution in [0, 0.1) is 27.7 Å². The maximum atomic E-state index is 13.1. The summed E-state index contributed by atoms with van der Waals surface area (Å²) in [6.07, 6.45) is 0. The number of anilines is 1. The summed E-state index contributed by atoms with van der Waals surface area (Å²) in [5.41, 5.74) is 6.55. The number of nitrogens with one attached hydrogen (secondary N) is 1. The van der Waals surface area contributed by atoms with E-state index in [1.54, 1.807) is 7.11 Å². The number of hydrogen-bond acceptors (Lipinski definition) is 4. The van der Waals surface area contributed by atoms with Gasteiger partial charge in [0.2, 0.25) is 0 Å². The Kier molecular flexibility index (Phi) is 5.66. The van der Waals surface area contributed by atoms with Crippen LogP contribution in [0.3, 0.4) is 0 Å². The highest BCUT2D eigenvalue weighted by Gasteiger charge is 2.39. The highest BCUT2D eigenvalue weighted by atomic mass is 16.5. The lowest BCUT2D eigenvalue weighted by Gasteiger charge is -2.15. The average molecular weight is 378 g/mol. The maximum absolute atomic E-state index is 13.1. The van der Waals surface area contributed by atoms with Crippen molar-refractivity contribution < 1.29 is 14.3 Å². The third-order valence-electron chi connectivity index (χ3n) is 4.83. The fraction of sp³-hybridized carbons (Fsp3) is 0.304. The van der Waals surface area contributed by atoms with Gasteiger partial charge in [-0.3, -0.25) is 14.5 Å². The number of imide groups is 1. The first-order chi connectivity index (χ1) is 13.3. The first-order valence-electron chi connectivity index (χ1n) is 9.34. The van der Waals surface area contributed by atoms with E-state index in [-0.39, 0.29) is 18.4 Å². The third kappa shape index (κ3) is 3.85. The molecule has 1 heterocycles. The van der Waals surface area contributed by atoms with Crippen LogP contribution in [-0.2, 0) is 14.3 Å². The van der Waals surface area contributed by atoms with Gasteiger partial charge in [0.05, 0.1) is 18.7 Å². The molecule has 2 aromatic rings. The van der Waals surface area contributed by atoms with Crippen LogP contribution in [0.1, 0.15) is 27.8 Å². The molecule has 0 atom stereocenters. The van der Waals surface area contributed by atoms with Crippen molar-refractivity contribution >= 4 is 23.1 Å². The van der Waals surface area contributed by atoms with Crippen molar-refractivity contribution in [3.05, 3.63) is 69.9 Å². The summed E-state index contributed by atoms with van der Waals surface area (Å²) in [6, 6.07) is 11.9. The molecule has 5 heteroatoms. The summed E-state index contributed by atoms with van der Waals surface area (Å²) < 4.78 is 5.08. The van der Waals surface area contributed by atoms with Crippen molar-refractivity contribution in [2.75, 3.05) is 25.6 Å². The summed E-state index contributed by atoms with van der Waals surface area (Å²) in [5, 5.41) is 3.23. The van der Waals surface area contributed by atoms with Gasteiger partial charge in [0.1, 0.15) is 5.70 Å². The maximum Gasteiger partial charge on any atom is 0.278 e. The molecule has 0 unspecified atom stereocenters. The first kappa shape index (κ1) is 19.8. The molecule has 0 saturated carbocycles. The zero-order chi connectivity index (χ0) is 20.4. The van der Waals surface area contributed by atoms with Crippen LogP contribution in [0.2, 0.25) is 0 Å². The van der Waals surface area contributed by atoms with Crippen molar-refractivity contribution in [1.29, 1.82) is 0 Å². The summed E-state index contributed by atoms with van der Waals surface area (Å²) in [6.45, 7) is 8.50. The zero-order valence-corrected chi connectivity index (χ0v) is 17.1. The van der Waals surface area contributed by atoms with Gasteiger partial charge in [-0.05, 0) is 62.1 Å². The number of hydrogen-bond donors (Lipinski definition) is 1. The monoisotopic (exact) mass is 378 g/mol. The molecule has 0 spiro atoms. The normalized spacial score (nSPS) is 14.2. The highest BCUT2D eigenvalue weighted by molar-refractivity contribution is 6.36.